The van der Waals surface area contributed by atoms with Crippen LogP contribution in [0.3, 0.4) is 0 Å². The highest BCUT2D eigenvalue weighted by Gasteiger charge is 2.32. The molecule has 0 saturated heterocycles. The molecule has 0 bridgehead atoms. The number of aryl methyl sites for hydroxylation is 2. The normalized spacial score (nSPS) is 16.7. The van der Waals surface area contributed by atoms with E-state index in [1.807, 2.05) is 27.7 Å². The van der Waals surface area contributed by atoms with Gasteiger partial charge in [-0.3, -0.25) is 4.79 Å². The summed E-state index contributed by atoms with van der Waals surface area (Å²) in [4.78, 5) is 22.6. The minimum absolute atomic E-state index is 0.0931. The third kappa shape index (κ3) is 3.47. The minimum Gasteiger partial charge on any atom is -0.356 e. The van der Waals surface area contributed by atoms with E-state index in [0.29, 0.717) is 28.7 Å². The van der Waals surface area contributed by atoms with Crippen LogP contribution in [0.4, 0.5) is 22.3 Å². The fourth-order valence-electron chi connectivity index (χ4n) is 3.25. The first-order valence-corrected chi connectivity index (χ1v) is 9.96. The van der Waals surface area contributed by atoms with Crippen molar-refractivity contribution < 1.29 is 4.79 Å². The Morgan fingerprint density at radius 1 is 1.33 bits per heavy atom. The van der Waals surface area contributed by atoms with Gasteiger partial charge in [0, 0.05) is 4.88 Å². The summed E-state index contributed by atoms with van der Waals surface area (Å²) in [5.41, 5.74) is 2.21. The third-order valence-corrected chi connectivity index (χ3v) is 6.03. The first-order valence-electron chi connectivity index (χ1n) is 9.14. The van der Waals surface area contributed by atoms with E-state index in [2.05, 4.69) is 38.9 Å². The Hall–Kier alpha value is -2.66. The molecule has 1 amide bonds. The fraction of sp³-hybridized carbons (Fsp3) is 0.474. The highest BCUT2D eigenvalue weighted by molar-refractivity contribution is 7.16. The van der Waals surface area contributed by atoms with E-state index in [-0.39, 0.29) is 17.9 Å². The van der Waals surface area contributed by atoms with Crippen LogP contribution in [0.2, 0.25) is 0 Å². The summed E-state index contributed by atoms with van der Waals surface area (Å²) in [7, 11) is 0. The smallest absolute Gasteiger partial charge is 0.247 e. The van der Waals surface area contributed by atoms with E-state index in [4.69, 9.17) is 0 Å². The van der Waals surface area contributed by atoms with Gasteiger partial charge in [-0.15, -0.1) is 11.3 Å². The number of anilines is 4. The summed E-state index contributed by atoms with van der Waals surface area (Å²) in [5.74, 6) is 1.79. The summed E-state index contributed by atoms with van der Waals surface area (Å²) in [6.07, 6.45) is 1.68. The predicted octanol–water partition coefficient (Wildman–Crippen LogP) is 4.11. The molecule has 2 aromatic heterocycles. The molecular weight excluding hydrogens is 360 g/mol. The molecule has 1 aliphatic heterocycles. The molecule has 2 atom stereocenters. The van der Waals surface area contributed by atoms with Gasteiger partial charge in [0.15, 0.2) is 11.6 Å². The molecule has 0 radical (unpaired) electrons. The van der Waals surface area contributed by atoms with Gasteiger partial charge in [0.1, 0.15) is 28.6 Å². The number of carbonyl (C=O) groups is 1. The number of hydrogen-bond donors (Lipinski definition) is 3. The van der Waals surface area contributed by atoms with Gasteiger partial charge in [0.05, 0.1) is 5.56 Å². The van der Waals surface area contributed by atoms with Crippen LogP contribution in [0.5, 0.6) is 0 Å². The summed E-state index contributed by atoms with van der Waals surface area (Å²) < 4.78 is 0. The van der Waals surface area contributed by atoms with Gasteiger partial charge in [0.2, 0.25) is 5.91 Å². The molecule has 2 aromatic rings. The number of nitrogens with zero attached hydrogens (tertiary/aromatic N) is 3. The molecule has 3 N–H and O–H groups in total. The average molecular weight is 385 g/mol. The lowest BCUT2D eigenvalue weighted by Crippen LogP contribution is -2.43. The number of nitrogens with one attached hydrogen (secondary N) is 3. The minimum atomic E-state index is -0.324. The second kappa shape index (κ2) is 7.53. The van der Waals surface area contributed by atoms with Crippen LogP contribution in [-0.2, 0) is 11.2 Å². The SMILES string of the molecule is CCc1c(C)sc(Nc2nc(C)nc3c2NC(=O)C(C(C)CC)N3)c1C#N. The number of thiophene rings is 1. The zero-order valence-electron chi connectivity index (χ0n) is 16.2. The van der Waals surface area contributed by atoms with E-state index in [9.17, 15) is 10.1 Å². The molecule has 27 heavy (non-hydrogen) atoms. The first-order chi connectivity index (χ1) is 12.9. The molecule has 0 aliphatic carbocycles. The van der Waals surface area contributed by atoms with Gasteiger partial charge in [-0.05, 0) is 31.7 Å². The number of aromatic nitrogens is 2. The van der Waals surface area contributed by atoms with Crippen LogP contribution in [0.25, 0.3) is 0 Å². The van der Waals surface area contributed by atoms with Crippen molar-refractivity contribution in [3.05, 3.63) is 21.8 Å². The predicted molar refractivity (Wildman–Crippen MR) is 109 cm³/mol. The monoisotopic (exact) mass is 384 g/mol. The fourth-order valence-corrected chi connectivity index (χ4v) is 4.35. The Morgan fingerprint density at radius 3 is 2.70 bits per heavy atom. The van der Waals surface area contributed by atoms with Gasteiger partial charge in [0.25, 0.3) is 0 Å². The van der Waals surface area contributed by atoms with Crippen molar-refractivity contribution in [2.24, 2.45) is 5.92 Å². The molecule has 142 valence electrons. The lowest BCUT2D eigenvalue weighted by molar-refractivity contribution is -0.118. The molecule has 8 heteroatoms. The van der Waals surface area contributed by atoms with Crippen molar-refractivity contribution in [2.45, 2.75) is 53.5 Å². The molecule has 0 saturated carbocycles. The summed E-state index contributed by atoms with van der Waals surface area (Å²) in [5, 5.41) is 19.8. The van der Waals surface area contributed by atoms with Gasteiger partial charge in [-0.2, -0.15) is 5.26 Å². The van der Waals surface area contributed by atoms with E-state index in [1.54, 1.807) is 0 Å². The van der Waals surface area contributed by atoms with Crippen LogP contribution in [0, 0.1) is 31.1 Å². The highest BCUT2D eigenvalue weighted by atomic mass is 32.1. The Balaban J connectivity index is 2.02. The van der Waals surface area contributed by atoms with Crippen LogP contribution >= 0.6 is 11.3 Å². The van der Waals surface area contributed by atoms with Gasteiger partial charge in [-0.1, -0.05) is 27.2 Å². The van der Waals surface area contributed by atoms with Crippen molar-refractivity contribution in [3.63, 3.8) is 0 Å². The number of nitriles is 1. The van der Waals surface area contributed by atoms with E-state index in [0.717, 1.165) is 28.3 Å². The maximum atomic E-state index is 12.6. The van der Waals surface area contributed by atoms with Gasteiger partial charge in [-0.25, -0.2) is 9.97 Å². The number of amides is 1. The lowest BCUT2D eigenvalue weighted by atomic mass is 9.97. The van der Waals surface area contributed by atoms with E-state index >= 15 is 0 Å². The Labute approximate surface area is 163 Å². The van der Waals surface area contributed by atoms with Crippen LogP contribution in [0.15, 0.2) is 0 Å². The number of hydrogen-bond acceptors (Lipinski definition) is 7. The van der Waals surface area contributed by atoms with Crippen LogP contribution < -0.4 is 16.0 Å². The molecule has 3 rings (SSSR count). The maximum absolute atomic E-state index is 12.6. The zero-order valence-corrected chi connectivity index (χ0v) is 17.0. The second-order valence-electron chi connectivity index (χ2n) is 6.77. The number of fused-ring (bicyclic) bond motifs is 1. The van der Waals surface area contributed by atoms with Crippen molar-refractivity contribution in [1.82, 2.24) is 9.97 Å². The Kier molecular flexibility index (Phi) is 5.33. The zero-order chi connectivity index (χ0) is 19.7. The second-order valence-corrected chi connectivity index (χ2v) is 8.00. The Morgan fingerprint density at radius 2 is 2.07 bits per heavy atom. The molecule has 1 aliphatic rings. The van der Waals surface area contributed by atoms with E-state index in [1.165, 1.54) is 11.3 Å². The van der Waals surface area contributed by atoms with E-state index < -0.39 is 0 Å². The summed E-state index contributed by atoms with van der Waals surface area (Å²) in [6.45, 7) is 9.95. The van der Waals surface area contributed by atoms with Crippen molar-refractivity contribution in [1.29, 1.82) is 5.26 Å². The molecule has 0 aromatic carbocycles. The molecule has 3 heterocycles. The van der Waals surface area contributed by atoms with Crippen molar-refractivity contribution in [2.75, 3.05) is 16.0 Å². The topological polar surface area (TPSA) is 103 Å². The standard InChI is InChI=1S/C19H24N6OS/c1-6-9(3)14-18(26)24-15-16(23-14)21-11(5)22-17(15)25-19-13(8-20)12(7-2)10(4)27-19/h9,14H,6-7H2,1-5H3,(H,24,26)(H2,21,22,23,25). The summed E-state index contributed by atoms with van der Waals surface area (Å²) in [6, 6.07) is 1.97. The summed E-state index contributed by atoms with van der Waals surface area (Å²) >= 11 is 1.52. The van der Waals surface area contributed by atoms with Gasteiger partial charge < -0.3 is 16.0 Å². The molecular formula is C19H24N6OS. The Bertz CT molecular complexity index is 929. The average Bonchev–Trinajstić information content (AvgIpc) is 2.95. The molecule has 7 nitrogen and oxygen atoms in total. The first kappa shape index (κ1) is 19.1. The molecule has 0 fully saturated rings. The maximum Gasteiger partial charge on any atom is 0.247 e. The number of carbonyl (C=O) groups excluding carboxylic acids is 1. The van der Waals surface area contributed by atoms with Crippen molar-refractivity contribution in [3.8, 4) is 6.07 Å². The third-order valence-electron chi connectivity index (χ3n) is 4.96. The number of rotatable bonds is 5. The largest absolute Gasteiger partial charge is 0.356 e. The van der Waals surface area contributed by atoms with Gasteiger partial charge >= 0.3 is 0 Å². The highest BCUT2D eigenvalue weighted by Crippen LogP contribution is 2.39. The molecule has 0 spiro atoms. The lowest BCUT2D eigenvalue weighted by Gasteiger charge is -2.30. The van der Waals surface area contributed by atoms with Crippen molar-refractivity contribution >= 4 is 39.6 Å². The van der Waals surface area contributed by atoms with Crippen LogP contribution in [0.1, 0.15) is 49.0 Å². The quantitative estimate of drug-likeness (QED) is 0.717. The molecule has 2 unspecified atom stereocenters. The van der Waals surface area contributed by atoms with Crippen LogP contribution in [-0.4, -0.2) is 21.9 Å².